The number of phenolic OH excluding ortho intramolecular Hbond substituents is 1. The highest BCUT2D eigenvalue weighted by molar-refractivity contribution is 7.90. The first-order valence-electron chi connectivity index (χ1n) is 4.90. The average Bonchev–Trinajstić information content (AvgIpc) is 2.08. The second kappa shape index (κ2) is 4.71. The van der Waals surface area contributed by atoms with Crippen molar-refractivity contribution in [1.82, 2.24) is 4.72 Å². The second-order valence-corrected chi connectivity index (χ2v) is 5.33. The summed E-state index contributed by atoms with van der Waals surface area (Å²) < 4.78 is 27.7. The molecule has 1 aromatic rings. The highest BCUT2D eigenvalue weighted by Crippen LogP contribution is 2.21. The van der Waals surface area contributed by atoms with Crippen LogP contribution >= 0.6 is 0 Å². The third kappa shape index (κ3) is 3.71. The summed E-state index contributed by atoms with van der Waals surface area (Å²) in [6, 6.07) is 4.42. The summed E-state index contributed by atoms with van der Waals surface area (Å²) in [7, 11) is -3.57. The SMILES string of the molecule is Cc1ccc(NS(=O)(=O)NC(C)C)cc1O. The third-order valence-electron chi connectivity index (χ3n) is 1.85. The van der Waals surface area contributed by atoms with E-state index in [0.29, 0.717) is 11.3 Å². The van der Waals surface area contributed by atoms with Crippen LogP contribution in [0.4, 0.5) is 5.69 Å². The van der Waals surface area contributed by atoms with Crippen molar-refractivity contribution in [2.24, 2.45) is 0 Å². The molecule has 0 fully saturated rings. The van der Waals surface area contributed by atoms with E-state index >= 15 is 0 Å². The van der Waals surface area contributed by atoms with Gasteiger partial charge in [-0.1, -0.05) is 6.07 Å². The van der Waals surface area contributed by atoms with Crippen molar-refractivity contribution in [1.29, 1.82) is 0 Å². The first-order chi connectivity index (χ1) is 7.30. The number of aryl methyl sites for hydroxylation is 1. The highest BCUT2D eigenvalue weighted by Gasteiger charge is 2.11. The van der Waals surface area contributed by atoms with Gasteiger partial charge in [-0.3, -0.25) is 4.72 Å². The van der Waals surface area contributed by atoms with Gasteiger partial charge in [-0.25, -0.2) is 0 Å². The Morgan fingerprint density at radius 3 is 2.44 bits per heavy atom. The number of nitrogens with one attached hydrogen (secondary N) is 2. The van der Waals surface area contributed by atoms with Gasteiger partial charge in [-0.15, -0.1) is 0 Å². The first-order valence-corrected chi connectivity index (χ1v) is 6.38. The van der Waals surface area contributed by atoms with Crippen molar-refractivity contribution in [3.8, 4) is 5.75 Å². The molecule has 0 amide bonds. The van der Waals surface area contributed by atoms with Crippen LogP contribution in [0.5, 0.6) is 5.75 Å². The highest BCUT2D eigenvalue weighted by atomic mass is 32.2. The maximum absolute atomic E-state index is 11.5. The maximum atomic E-state index is 11.5. The van der Waals surface area contributed by atoms with Crippen LogP contribution in [-0.2, 0) is 10.2 Å². The molecule has 1 rings (SSSR count). The molecule has 5 nitrogen and oxygen atoms in total. The lowest BCUT2D eigenvalue weighted by Gasteiger charge is -2.12. The van der Waals surface area contributed by atoms with E-state index in [2.05, 4.69) is 9.44 Å². The van der Waals surface area contributed by atoms with Gasteiger partial charge in [0.2, 0.25) is 0 Å². The van der Waals surface area contributed by atoms with Crippen molar-refractivity contribution in [3.05, 3.63) is 23.8 Å². The molecule has 3 N–H and O–H groups in total. The predicted octanol–water partition coefficient (Wildman–Crippen LogP) is 1.36. The van der Waals surface area contributed by atoms with Gasteiger partial charge in [-0.05, 0) is 32.4 Å². The fraction of sp³-hybridized carbons (Fsp3) is 0.400. The Balaban J connectivity index is 2.84. The van der Waals surface area contributed by atoms with Gasteiger partial charge in [0.15, 0.2) is 0 Å². The van der Waals surface area contributed by atoms with E-state index < -0.39 is 10.2 Å². The number of anilines is 1. The molecule has 0 aliphatic heterocycles. The van der Waals surface area contributed by atoms with Gasteiger partial charge in [0.25, 0.3) is 10.2 Å². The lowest BCUT2D eigenvalue weighted by molar-refractivity contribution is 0.471. The Labute approximate surface area is 95.7 Å². The van der Waals surface area contributed by atoms with Gasteiger partial charge in [-0.2, -0.15) is 13.1 Å². The molecule has 0 aliphatic rings. The van der Waals surface area contributed by atoms with Crippen molar-refractivity contribution >= 4 is 15.9 Å². The molecule has 0 saturated carbocycles. The van der Waals surface area contributed by atoms with Crippen LogP contribution in [0.3, 0.4) is 0 Å². The molecule has 0 atom stereocenters. The van der Waals surface area contributed by atoms with Crippen molar-refractivity contribution in [2.45, 2.75) is 26.8 Å². The van der Waals surface area contributed by atoms with Crippen LogP contribution in [-0.4, -0.2) is 19.6 Å². The molecule has 0 radical (unpaired) electrons. The van der Waals surface area contributed by atoms with E-state index in [1.165, 1.54) is 6.07 Å². The minimum absolute atomic E-state index is 0.0600. The van der Waals surface area contributed by atoms with Crippen molar-refractivity contribution < 1.29 is 13.5 Å². The summed E-state index contributed by atoms with van der Waals surface area (Å²) in [5.74, 6) is 0.0600. The Hall–Kier alpha value is -1.27. The van der Waals surface area contributed by atoms with E-state index in [9.17, 15) is 13.5 Å². The third-order valence-corrected chi connectivity index (χ3v) is 3.14. The number of benzene rings is 1. The molecule has 0 saturated heterocycles. The van der Waals surface area contributed by atoms with Crippen LogP contribution in [0.25, 0.3) is 0 Å². The summed E-state index contributed by atoms with van der Waals surface area (Å²) in [5.41, 5.74) is 1.02. The zero-order valence-electron chi connectivity index (χ0n) is 9.48. The summed E-state index contributed by atoms with van der Waals surface area (Å²) in [4.78, 5) is 0. The van der Waals surface area contributed by atoms with Crippen LogP contribution in [0, 0.1) is 6.92 Å². The zero-order valence-corrected chi connectivity index (χ0v) is 10.3. The molecular weight excluding hydrogens is 228 g/mol. The molecule has 0 aliphatic carbocycles. The molecular formula is C10H16N2O3S. The molecule has 0 bridgehead atoms. The molecule has 16 heavy (non-hydrogen) atoms. The Kier molecular flexibility index (Phi) is 3.77. The Morgan fingerprint density at radius 1 is 1.31 bits per heavy atom. The van der Waals surface area contributed by atoms with E-state index in [1.54, 1.807) is 32.9 Å². The van der Waals surface area contributed by atoms with Gasteiger partial charge in [0.05, 0.1) is 5.69 Å². The number of hydrogen-bond donors (Lipinski definition) is 3. The van der Waals surface area contributed by atoms with Crippen LogP contribution < -0.4 is 9.44 Å². The minimum Gasteiger partial charge on any atom is -0.508 e. The van der Waals surface area contributed by atoms with Crippen LogP contribution in [0.1, 0.15) is 19.4 Å². The first kappa shape index (κ1) is 12.8. The van der Waals surface area contributed by atoms with Gasteiger partial charge >= 0.3 is 0 Å². The molecule has 1 aromatic carbocycles. The summed E-state index contributed by atoms with van der Waals surface area (Å²) in [5, 5.41) is 9.42. The average molecular weight is 244 g/mol. The number of aromatic hydroxyl groups is 1. The van der Waals surface area contributed by atoms with E-state index in [0.717, 1.165) is 0 Å². The predicted molar refractivity (Wildman–Crippen MR) is 63.7 cm³/mol. The number of hydrogen-bond acceptors (Lipinski definition) is 3. The second-order valence-electron chi connectivity index (χ2n) is 3.88. The number of rotatable bonds is 4. The van der Waals surface area contributed by atoms with E-state index in [4.69, 9.17) is 0 Å². The monoisotopic (exact) mass is 244 g/mol. The zero-order chi connectivity index (χ0) is 12.3. The van der Waals surface area contributed by atoms with E-state index in [1.807, 2.05) is 0 Å². The van der Waals surface area contributed by atoms with Crippen LogP contribution in [0.2, 0.25) is 0 Å². The fourth-order valence-electron chi connectivity index (χ4n) is 1.17. The quantitative estimate of drug-likeness (QED) is 0.748. The van der Waals surface area contributed by atoms with Crippen molar-refractivity contribution in [3.63, 3.8) is 0 Å². The normalized spacial score (nSPS) is 11.8. The largest absolute Gasteiger partial charge is 0.508 e. The topological polar surface area (TPSA) is 78.4 Å². The fourth-order valence-corrected chi connectivity index (χ4v) is 2.28. The molecule has 0 heterocycles. The van der Waals surface area contributed by atoms with Crippen LogP contribution in [0.15, 0.2) is 18.2 Å². The molecule has 90 valence electrons. The van der Waals surface area contributed by atoms with E-state index in [-0.39, 0.29) is 11.8 Å². The minimum atomic E-state index is -3.57. The summed E-state index contributed by atoms with van der Waals surface area (Å²) in [6.07, 6.45) is 0. The maximum Gasteiger partial charge on any atom is 0.299 e. The lowest BCUT2D eigenvalue weighted by Crippen LogP contribution is -2.35. The number of phenols is 1. The molecule has 0 aromatic heterocycles. The lowest BCUT2D eigenvalue weighted by atomic mass is 10.2. The summed E-state index contributed by atoms with van der Waals surface area (Å²) >= 11 is 0. The van der Waals surface area contributed by atoms with Crippen molar-refractivity contribution in [2.75, 3.05) is 4.72 Å². The smallest absolute Gasteiger partial charge is 0.299 e. The molecule has 0 spiro atoms. The summed E-state index contributed by atoms with van der Waals surface area (Å²) in [6.45, 7) is 5.19. The standard InChI is InChI=1S/C10H16N2O3S/c1-7(2)11-16(14,15)12-9-5-4-8(3)10(13)6-9/h4-7,11-13H,1-3H3. The Bertz CT molecular complexity index is 469. The van der Waals surface area contributed by atoms with Gasteiger partial charge < -0.3 is 5.11 Å². The van der Waals surface area contributed by atoms with Gasteiger partial charge in [0.1, 0.15) is 5.75 Å². The molecule has 0 unspecified atom stereocenters. The van der Waals surface area contributed by atoms with Gasteiger partial charge in [0, 0.05) is 12.1 Å². The molecule has 6 heteroatoms. The Morgan fingerprint density at radius 2 is 1.94 bits per heavy atom.